The summed E-state index contributed by atoms with van der Waals surface area (Å²) in [6.45, 7) is 2.56. The molecule has 0 saturated heterocycles. The lowest BCUT2D eigenvalue weighted by atomic mass is 10.3. The predicted octanol–water partition coefficient (Wildman–Crippen LogP) is 2.52. The Morgan fingerprint density at radius 3 is 3.05 bits per heavy atom. The summed E-state index contributed by atoms with van der Waals surface area (Å²) in [5.41, 5.74) is 1.83. The van der Waals surface area contributed by atoms with E-state index in [0.717, 1.165) is 35.4 Å². The molecule has 0 fully saturated rings. The third-order valence-corrected chi connectivity index (χ3v) is 3.08. The maximum atomic E-state index is 5.46. The monoisotopic (exact) mass is 287 g/mol. The fourth-order valence-corrected chi connectivity index (χ4v) is 2.05. The summed E-state index contributed by atoms with van der Waals surface area (Å²) in [5, 5.41) is 11.0. The molecule has 7 nitrogen and oxygen atoms in total. The van der Waals surface area contributed by atoms with E-state index in [-0.39, 0.29) is 0 Å². The summed E-state index contributed by atoms with van der Waals surface area (Å²) in [4.78, 5) is 7.71. The first-order valence-electron chi connectivity index (χ1n) is 6.87. The summed E-state index contributed by atoms with van der Waals surface area (Å²) in [5.74, 6) is 2.25. The van der Waals surface area contributed by atoms with E-state index in [4.69, 9.17) is 9.15 Å². The van der Waals surface area contributed by atoms with Crippen LogP contribution < -0.4 is 10.1 Å². The van der Waals surface area contributed by atoms with Crippen molar-refractivity contribution in [2.75, 3.05) is 12.4 Å². The van der Waals surface area contributed by atoms with Crippen molar-refractivity contribution >= 4 is 17.0 Å². The molecule has 2 N–H and O–H groups in total. The number of H-pyrrole nitrogens is 1. The molecule has 2 heterocycles. The van der Waals surface area contributed by atoms with Crippen LogP contribution >= 0.6 is 0 Å². The van der Waals surface area contributed by atoms with E-state index in [1.54, 1.807) is 7.11 Å². The van der Waals surface area contributed by atoms with Crippen LogP contribution in [0.5, 0.6) is 5.75 Å². The molecule has 0 atom stereocenters. The minimum absolute atomic E-state index is 0.413. The molecule has 0 amide bonds. The zero-order chi connectivity index (χ0) is 14.7. The van der Waals surface area contributed by atoms with Gasteiger partial charge in [-0.05, 0) is 18.6 Å². The van der Waals surface area contributed by atoms with Gasteiger partial charge in [0.15, 0.2) is 0 Å². The molecule has 110 valence electrons. The van der Waals surface area contributed by atoms with E-state index < -0.39 is 0 Å². The molecule has 3 aromatic rings. The van der Waals surface area contributed by atoms with Crippen LogP contribution in [0.4, 0.5) is 6.01 Å². The highest BCUT2D eigenvalue weighted by Crippen LogP contribution is 2.19. The molecule has 0 aliphatic heterocycles. The molecule has 2 aromatic heterocycles. The van der Waals surface area contributed by atoms with E-state index >= 15 is 0 Å². The SMILES string of the molecule is CCCc1nnc(NCc2nc3ccc(OC)cc3[nH]2)o1. The van der Waals surface area contributed by atoms with Crippen molar-refractivity contribution in [3.05, 3.63) is 29.9 Å². The number of hydrogen-bond acceptors (Lipinski definition) is 6. The average Bonchev–Trinajstić information content (AvgIpc) is 3.10. The second kappa shape index (κ2) is 5.82. The number of fused-ring (bicyclic) bond motifs is 1. The van der Waals surface area contributed by atoms with Crippen molar-refractivity contribution in [1.82, 2.24) is 20.2 Å². The first-order valence-corrected chi connectivity index (χ1v) is 6.87. The Kier molecular flexibility index (Phi) is 3.72. The number of imidazole rings is 1. The Morgan fingerprint density at radius 2 is 2.24 bits per heavy atom. The molecule has 0 saturated carbocycles. The third kappa shape index (κ3) is 2.96. The zero-order valence-electron chi connectivity index (χ0n) is 12.0. The van der Waals surface area contributed by atoms with Gasteiger partial charge in [0.05, 0.1) is 24.7 Å². The van der Waals surface area contributed by atoms with E-state index in [2.05, 4.69) is 32.4 Å². The maximum Gasteiger partial charge on any atom is 0.315 e. The molecule has 1 aromatic carbocycles. The van der Waals surface area contributed by atoms with Gasteiger partial charge in [-0.3, -0.25) is 0 Å². The number of nitrogens with zero attached hydrogens (tertiary/aromatic N) is 3. The molecule has 0 unspecified atom stereocenters. The maximum absolute atomic E-state index is 5.46. The minimum Gasteiger partial charge on any atom is -0.497 e. The van der Waals surface area contributed by atoms with Crippen LogP contribution in [0, 0.1) is 0 Å². The smallest absolute Gasteiger partial charge is 0.315 e. The largest absolute Gasteiger partial charge is 0.497 e. The van der Waals surface area contributed by atoms with Gasteiger partial charge in [-0.2, -0.15) is 0 Å². The van der Waals surface area contributed by atoms with Gasteiger partial charge in [-0.1, -0.05) is 12.0 Å². The van der Waals surface area contributed by atoms with Crippen molar-refractivity contribution < 1.29 is 9.15 Å². The lowest BCUT2D eigenvalue weighted by molar-refractivity contribution is 0.415. The number of aryl methyl sites for hydroxylation is 1. The molecule has 21 heavy (non-hydrogen) atoms. The number of methoxy groups -OCH3 is 1. The van der Waals surface area contributed by atoms with Crippen LogP contribution in [0.1, 0.15) is 25.1 Å². The summed E-state index contributed by atoms with van der Waals surface area (Å²) in [6.07, 6.45) is 1.77. The molecule has 0 aliphatic rings. The lowest BCUT2D eigenvalue weighted by Crippen LogP contribution is -2.01. The fourth-order valence-electron chi connectivity index (χ4n) is 2.05. The van der Waals surface area contributed by atoms with Crippen LogP contribution in [0.25, 0.3) is 11.0 Å². The highest BCUT2D eigenvalue weighted by molar-refractivity contribution is 5.76. The highest BCUT2D eigenvalue weighted by atomic mass is 16.5. The molecule has 0 aliphatic carbocycles. The Morgan fingerprint density at radius 1 is 1.33 bits per heavy atom. The van der Waals surface area contributed by atoms with E-state index in [9.17, 15) is 0 Å². The summed E-state index contributed by atoms with van der Waals surface area (Å²) in [6, 6.07) is 6.13. The topological polar surface area (TPSA) is 88.9 Å². The first-order chi connectivity index (χ1) is 10.3. The number of ether oxygens (including phenoxy) is 1. The summed E-state index contributed by atoms with van der Waals surface area (Å²) in [7, 11) is 1.64. The Balaban J connectivity index is 1.69. The average molecular weight is 287 g/mol. The molecular weight excluding hydrogens is 270 g/mol. The van der Waals surface area contributed by atoms with Crippen molar-refractivity contribution in [2.45, 2.75) is 26.3 Å². The van der Waals surface area contributed by atoms with Gasteiger partial charge in [-0.15, -0.1) is 5.10 Å². The lowest BCUT2D eigenvalue weighted by Gasteiger charge is -1.97. The molecule has 7 heteroatoms. The van der Waals surface area contributed by atoms with Crippen LogP contribution in [0.3, 0.4) is 0 Å². The molecule has 0 spiro atoms. The van der Waals surface area contributed by atoms with Gasteiger partial charge in [-0.25, -0.2) is 4.98 Å². The number of nitrogens with one attached hydrogen (secondary N) is 2. The molecule has 0 radical (unpaired) electrons. The second-order valence-corrected chi connectivity index (χ2v) is 4.67. The highest BCUT2D eigenvalue weighted by Gasteiger charge is 2.07. The van der Waals surface area contributed by atoms with Gasteiger partial charge in [0.25, 0.3) is 0 Å². The fraction of sp³-hybridized carbons (Fsp3) is 0.357. The first kappa shape index (κ1) is 13.4. The molecular formula is C14H17N5O2. The number of aromatic nitrogens is 4. The van der Waals surface area contributed by atoms with Crippen LogP contribution in [0.2, 0.25) is 0 Å². The standard InChI is InChI=1S/C14H17N5O2/c1-3-4-13-18-19-14(21-13)15-8-12-16-10-6-5-9(20-2)7-11(10)17-12/h5-7H,3-4,8H2,1-2H3,(H,15,19)(H,16,17). The number of hydrogen-bond donors (Lipinski definition) is 2. The van der Waals surface area contributed by atoms with Gasteiger partial charge in [0, 0.05) is 12.5 Å². The van der Waals surface area contributed by atoms with Crippen LogP contribution in [0.15, 0.2) is 22.6 Å². The van der Waals surface area contributed by atoms with Crippen molar-refractivity contribution in [3.8, 4) is 5.75 Å². The van der Waals surface area contributed by atoms with Crippen molar-refractivity contribution in [1.29, 1.82) is 0 Å². The van der Waals surface area contributed by atoms with E-state index in [0.29, 0.717) is 18.5 Å². The van der Waals surface area contributed by atoms with Gasteiger partial charge < -0.3 is 19.5 Å². The summed E-state index contributed by atoms with van der Waals surface area (Å²) >= 11 is 0. The van der Waals surface area contributed by atoms with Gasteiger partial charge in [0.2, 0.25) is 5.89 Å². The minimum atomic E-state index is 0.413. The quantitative estimate of drug-likeness (QED) is 0.724. The molecule has 3 rings (SSSR count). The molecule has 0 bridgehead atoms. The summed E-state index contributed by atoms with van der Waals surface area (Å²) < 4.78 is 10.7. The van der Waals surface area contributed by atoms with Gasteiger partial charge in [0.1, 0.15) is 11.6 Å². The number of aromatic amines is 1. The third-order valence-electron chi connectivity index (χ3n) is 3.08. The van der Waals surface area contributed by atoms with Crippen LogP contribution in [-0.2, 0) is 13.0 Å². The second-order valence-electron chi connectivity index (χ2n) is 4.67. The predicted molar refractivity (Wildman–Crippen MR) is 78.3 cm³/mol. The Hall–Kier alpha value is -2.57. The number of anilines is 1. The van der Waals surface area contributed by atoms with Crippen LogP contribution in [-0.4, -0.2) is 27.3 Å². The number of rotatable bonds is 6. The van der Waals surface area contributed by atoms with Gasteiger partial charge >= 0.3 is 6.01 Å². The Labute approximate surface area is 121 Å². The van der Waals surface area contributed by atoms with E-state index in [1.807, 2.05) is 18.2 Å². The Bertz CT molecular complexity index is 734. The zero-order valence-corrected chi connectivity index (χ0v) is 12.0. The number of benzene rings is 1. The van der Waals surface area contributed by atoms with Crippen molar-refractivity contribution in [3.63, 3.8) is 0 Å². The normalized spacial score (nSPS) is 11.0. The van der Waals surface area contributed by atoms with Crippen molar-refractivity contribution in [2.24, 2.45) is 0 Å². The van der Waals surface area contributed by atoms with E-state index in [1.165, 1.54) is 0 Å².